The van der Waals surface area contributed by atoms with Gasteiger partial charge in [0, 0.05) is 15.6 Å². The molecule has 0 saturated carbocycles. The maximum atomic E-state index is 13.1. The van der Waals surface area contributed by atoms with Crippen molar-refractivity contribution in [3.8, 4) is 0 Å². The first-order valence-electron chi connectivity index (χ1n) is 10.9. The first-order chi connectivity index (χ1) is 16.3. The maximum absolute atomic E-state index is 13.1. The number of alkyl halides is 1. The predicted octanol–water partition coefficient (Wildman–Crippen LogP) is 3.21. The fourth-order valence-electron chi connectivity index (χ4n) is 3.37. The number of β-lactam (4-membered cyclic amide) rings is 1. The SMILES string of the molecule is CO/N=C(/C(=O)NC1C(=O)N2C(C(=O)O[Si](C)(C)C)=C(CI)CSC12)c1csc(N[Si](C)(C)C)n1. The Balaban J connectivity index is 1.77. The second-order valence-corrected chi connectivity index (χ2v) is 21.9. The Labute approximate surface area is 229 Å². The van der Waals surface area contributed by atoms with Crippen LogP contribution in [0.5, 0.6) is 0 Å². The van der Waals surface area contributed by atoms with Crippen molar-refractivity contribution in [3.05, 3.63) is 22.3 Å². The fraction of sp³-hybridized carbons (Fsp3) is 0.550. The van der Waals surface area contributed by atoms with Gasteiger partial charge < -0.3 is 19.6 Å². The quantitative estimate of drug-likeness (QED) is 0.103. The van der Waals surface area contributed by atoms with Crippen molar-refractivity contribution in [2.75, 3.05) is 22.3 Å². The minimum atomic E-state index is -2.15. The van der Waals surface area contributed by atoms with E-state index < -0.39 is 39.8 Å². The molecule has 0 aromatic carbocycles. The molecule has 2 aliphatic heterocycles. The summed E-state index contributed by atoms with van der Waals surface area (Å²) in [5.41, 5.74) is 1.52. The standard InChI is InChI=1S/C20H30IN5O5S2Si2/c1-30-24-13(12-10-33-20(22-12)25-34(2,3)4)16(27)23-14-17(28)26-15(19(29)31-35(5,6)7)11(8-21)9-32-18(14)26/h10,14,18H,8-9H2,1-7H3,(H,22,25)(H,23,27)/b24-13+. The number of thioether (sulfide) groups is 1. The van der Waals surface area contributed by atoms with E-state index in [-0.39, 0.29) is 11.6 Å². The highest BCUT2D eigenvalue weighted by Gasteiger charge is 2.54. The molecule has 0 bridgehead atoms. The molecule has 1 fully saturated rings. The Morgan fingerprint density at radius 3 is 2.54 bits per heavy atom. The Hall–Kier alpha value is -1.44. The highest BCUT2D eigenvalue weighted by molar-refractivity contribution is 14.1. The van der Waals surface area contributed by atoms with Gasteiger partial charge in [0.05, 0.1) is 0 Å². The molecule has 35 heavy (non-hydrogen) atoms. The van der Waals surface area contributed by atoms with Crippen LogP contribution < -0.4 is 10.3 Å². The van der Waals surface area contributed by atoms with Gasteiger partial charge in [0.1, 0.15) is 38.2 Å². The molecular weight excluding hydrogens is 637 g/mol. The van der Waals surface area contributed by atoms with Crippen molar-refractivity contribution in [3.63, 3.8) is 0 Å². The third kappa shape index (κ3) is 6.66. The molecule has 2 unspecified atom stereocenters. The van der Waals surface area contributed by atoms with Gasteiger partial charge in [-0.2, -0.15) is 0 Å². The summed E-state index contributed by atoms with van der Waals surface area (Å²) >= 11 is 5.08. The van der Waals surface area contributed by atoms with E-state index in [9.17, 15) is 14.4 Å². The molecule has 2 atom stereocenters. The van der Waals surface area contributed by atoms with Crippen LogP contribution >= 0.6 is 45.7 Å². The summed E-state index contributed by atoms with van der Waals surface area (Å²) in [6, 6.07) is -0.793. The number of oxime groups is 1. The average Bonchev–Trinajstić information content (AvgIpc) is 3.19. The van der Waals surface area contributed by atoms with Crippen molar-refractivity contribution in [1.29, 1.82) is 0 Å². The lowest BCUT2D eigenvalue weighted by Gasteiger charge is -2.49. The van der Waals surface area contributed by atoms with Crippen LogP contribution in [-0.4, -0.2) is 78.6 Å². The van der Waals surface area contributed by atoms with Crippen molar-refractivity contribution in [1.82, 2.24) is 15.2 Å². The second kappa shape index (κ2) is 10.9. The fourth-order valence-corrected chi connectivity index (χ4v) is 8.75. The molecule has 0 radical (unpaired) electrons. The number of amides is 2. The van der Waals surface area contributed by atoms with E-state index in [1.165, 1.54) is 35.1 Å². The molecule has 1 aromatic heterocycles. The van der Waals surface area contributed by atoms with Crippen molar-refractivity contribution in [2.24, 2.45) is 5.16 Å². The van der Waals surface area contributed by atoms with Gasteiger partial charge in [-0.15, -0.1) is 23.1 Å². The number of halogens is 1. The van der Waals surface area contributed by atoms with E-state index in [1.807, 2.05) is 19.6 Å². The first kappa shape index (κ1) is 28.1. The van der Waals surface area contributed by atoms with Crippen LogP contribution in [-0.2, 0) is 23.6 Å². The monoisotopic (exact) mass is 667 g/mol. The molecule has 3 rings (SSSR count). The zero-order valence-corrected chi connectivity index (χ0v) is 26.5. The number of rotatable bonds is 9. The highest BCUT2D eigenvalue weighted by atomic mass is 127. The topological polar surface area (TPSA) is 122 Å². The van der Waals surface area contributed by atoms with E-state index in [0.717, 1.165) is 5.57 Å². The number of nitrogens with one attached hydrogen (secondary N) is 2. The van der Waals surface area contributed by atoms with Crippen LogP contribution in [0, 0.1) is 0 Å². The van der Waals surface area contributed by atoms with Crippen LogP contribution in [0.1, 0.15) is 5.69 Å². The van der Waals surface area contributed by atoms with Crippen molar-refractivity contribution < 1.29 is 23.6 Å². The summed E-state index contributed by atoms with van der Waals surface area (Å²) in [7, 11) is -2.43. The minimum Gasteiger partial charge on any atom is -0.515 e. The summed E-state index contributed by atoms with van der Waals surface area (Å²) in [6.45, 7) is 12.2. The molecule has 2 amide bonds. The predicted molar refractivity (Wildman–Crippen MR) is 153 cm³/mol. The molecule has 1 aromatic rings. The Morgan fingerprint density at radius 1 is 1.29 bits per heavy atom. The average molecular weight is 668 g/mol. The van der Waals surface area contributed by atoms with Gasteiger partial charge in [-0.1, -0.05) is 47.4 Å². The summed E-state index contributed by atoms with van der Waals surface area (Å²) in [5, 5.41) is 8.67. The lowest BCUT2D eigenvalue weighted by atomic mass is 10.0. The molecule has 2 N–H and O–H groups in total. The van der Waals surface area contributed by atoms with Gasteiger partial charge in [-0.25, -0.2) is 9.78 Å². The number of carbonyl (C=O) groups excluding carboxylic acids is 3. The third-order valence-corrected chi connectivity index (χ3v) is 9.70. The number of anilines is 1. The molecule has 192 valence electrons. The molecule has 10 nitrogen and oxygen atoms in total. The van der Waals surface area contributed by atoms with Gasteiger partial charge in [-0.05, 0) is 25.2 Å². The molecular formula is C20H30IN5O5S2Si2. The van der Waals surface area contributed by atoms with Gasteiger partial charge >= 0.3 is 5.97 Å². The number of hydrogen-bond donors (Lipinski definition) is 2. The summed E-state index contributed by atoms with van der Waals surface area (Å²) < 4.78 is 6.30. The van der Waals surface area contributed by atoms with Gasteiger partial charge in [-0.3, -0.25) is 14.5 Å². The second-order valence-electron chi connectivity index (χ2n) is 9.98. The van der Waals surface area contributed by atoms with E-state index in [1.54, 1.807) is 5.38 Å². The number of hydrogen-bond acceptors (Lipinski definition) is 10. The molecule has 0 spiro atoms. The lowest BCUT2D eigenvalue weighted by molar-refractivity contribution is -0.149. The highest BCUT2D eigenvalue weighted by Crippen LogP contribution is 2.41. The first-order valence-corrected chi connectivity index (χ1v) is 21.2. The lowest BCUT2D eigenvalue weighted by Crippen LogP contribution is -2.71. The Kier molecular flexibility index (Phi) is 8.76. The van der Waals surface area contributed by atoms with E-state index in [0.29, 0.717) is 26.7 Å². The van der Waals surface area contributed by atoms with Crippen molar-refractivity contribution >= 4 is 90.9 Å². The number of fused-ring (bicyclic) bond motifs is 1. The van der Waals surface area contributed by atoms with Crippen LogP contribution in [0.4, 0.5) is 5.13 Å². The maximum Gasteiger partial charge on any atom is 0.341 e. The zero-order valence-electron chi connectivity index (χ0n) is 20.7. The Bertz CT molecular complexity index is 1080. The number of aromatic nitrogens is 1. The zero-order chi connectivity index (χ0) is 26.1. The van der Waals surface area contributed by atoms with E-state index >= 15 is 0 Å². The minimum absolute atomic E-state index is 0.0127. The van der Waals surface area contributed by atoms with E-state index in [4.69, 9.17) is 9.26 Å². The van der Waals surface area contributed by atoms with Crippen LogP contribution in [0.3, 0.4) is 0 Å². The Morgan fingerprint density at radius 2 is 1.97 bits per heavy atom. The van der Waals surface area contributed by atoms with Gasteiger partial charge in [0.15, 0.2) is 10.8 Å². The van der Waals surface area contributed by atoms with Gasteiger partial charge in [0.25, 0.3) is 11.8 Å². The number of nitrogens with zero attached hydrogens (tertiary/aromatic N) is 3. The molecule has 2 aliphatic rings. The van der Waals surface area contributed by atoms with Gasteiger partial charge in [0.2, 0.25) is 8.32 Å². The van der Waals surface area contributed by atoms with E-state index in [2.05, 4.69) is 62.7 Å². The molecule has 0 aliphatic carbocycles. The molecule has 3 heterocycles. The number of thiazole rings is 1. The third-order valence-electron chi connectivity index (χ3n) is 4.71. The summed E-state index contributed by atoms with van der Waals surface area (Å²) in [6.07, 6.45) is 0. The summed E-state index contributed by atoms with van der Waals surface area (Å²) in [5.74, 6) is -0.802. The van der Waals surface area contributed by atoms with Crippen LogP contribution in [0.2, 0.25) is 39.3 Å². The van der Waals surface area contributed by atoms with Crippen LogP contribution in [0.15, 0.2) is 21.8 Å². The largest absolute Gasteiger partial charge is 0.515 e. The number of carbonyl (C=O) groups is 3. The smallest absolute Gasteiger partial charge is 0.341 e. The molecule has 15 heteroatoms. The van der Waals surface area contributed by atoms with Crippen LogP contribution in [0.25, 0.3) is 0 Å². The molecule has 1 saturated heterocycles. The summed E-state index contributed by atoms with van der Waals surface area (Å²) in [4.78, 5) is 53.4. The van der Waals surface area contributed by atoms with Crippen molar-refractivity contribution in [2.45, 2.75) is 50.7 Å². The normalized spacial score (nSPS) is 20.7.